The molecule has 0 radical (unpaired) electrons. The van der Waals surface area contributed by atoms with Crippen molar-refractivity contribution < 1.29 is 41.0 Å². The first-order valence-corrected chi connectivity index (χ1v) is 14.1. The Morgan fingerprint density at radius 2 is 1.77 bits per heavy atom. The molecular weight excluding hydrogens is 591 g/mol. The number of fused-ring (bicyclic) bond motifs is 1. The number of hydrogen-bond donors (Lipinski definition) is 2. The first-order chi connectivity index (χ1) is 20.5. The van der Waals surface area contributed by atoms with Gasteiger partial charge < -0.3 is 30.0 Å². The monoisotopic (exact) mass is 624 g/mol. The van der Waals surface area contributed by atoms with Crippen LogP contribution in [0.2, 0.25) is 0 Å². The van der Waals surface area contributed by atoms with Crippen molar-refractivity contribution in [1.82, 2.24) is 24.8 Å². The van der Waals surface area contributed by atoms with Crippen LogP contribution in [-0.2, 0) is 4.74 Å². The number of imidazole rings is 1. The normalized spacial score (nSPS) is 19.7. The summed E-state index contributed by atoms with van der Waals surface area (Å²) < 4.78 is 76.2. The van der Waals surface area contributed by atoms with Gasteiger partial charge in [0.15, 0.2) is 5.65 Å². The summed E-state index contributed by atoms with van der Waals surface area (Å²) in [5, 5.41) is 0. The lowest BCUT2D eigenvalue weighted by atomic mass is 9.89. The van der Waals surface area contributed by atoms with Gasteiger partial charge in [0, 0.05) is 49.9 Å². The zero-order chi connectivity index (χ0) is 32.0. The average molecular weight is 625 g/mol. The maximum atomic E-state index is 14.7. The minimum atomic E-state index is -4.88. The Morgan fingerprint density at radius 3 is 2.41 bits per heavy atom. The third-order valence-electron chi connectivity index (χ3n) is 7.60. The molecule has 4 heterocycles. The van der Waals surface area contributed by atoms with Crippen molar-refractivity contribution in [1.29, 1.82) is 0 Å². The Bertz CT molecular complexity index is 1550. The third kappa shape index (κ3) is 7.13. The molecule has 1 aromatic carbocycles. The first-order valence-electron chi connectivity index (χ1n) is 14.1. The number of ether oxygens (including phenoxy) is 2. The number of carbonyl (C=O) groups is 2. The lowest BCUT2D eigenvalue weighted by Crippen LogP contribution is -2.50. The number of rotatable bonds is 4. The van der Waals surface area contributed by atoms with Crippen molar-refractivity contribution in [2.75, 3.05) is 31.9 Å². The predicted octanol–water partition coefficient (Wildman–Crippen LogP) is 5.82. The van der Waals surface area contributed by atoms with Gasteiger partial charge in [-0.3, -0.25) is 4.79 Å². The van der Waals surface area contributed by atoms with Crippen LogP contribution in [0.15, 0.2) is 30.5 Å². The van der Waals surface area contributed by atoms with E-state index >= 15 is 0 Å². The van der Waals surface area contributed by atoms with E-state index in [-0.39, 0.29) is 23.7 Å². The summed E-state index contributed by atoms with van der Waals surface area (Å²) in [6.45, 7) is 4.98. The molecule has 2 aromatic heterocycles. The van der Waals surface area contributed by atoms with E-state index in [9.17, 15) is 31.5 Å². The molecule has 0 aliphatic carbocycles. The van der Waals surface area contributed by atoms with Crippen molar-refractivity contribution in [3.05, 3.63) is 47.4 Å². The fraction of sp³-hybridized carbons (Fsp3) is 0.517. The van der Waals surface area contributed by atoms with Crippen molar-refractivity contribution in [2.24, 2.45) is 0 Å². The van der Waals surface area contributed by atoms with Crippen LogP contribution in [0.5, 0.6) is 5.75 Å². The molecule has 238 valence electrons. The highest BCUT2D eigenvalue weighted by Crippen LogP contribution is 2.38. The molecule has 1 atom stereocenters. The van der Waals surface area contributed by atoms with E-state index in [0.717, 1.165) is 22.6 Å². The quantitative estimate of drug-likeness (QED) is 0.277. The second kappa shape index (κ2) is 11.4. The van der Waals surface area contributed by atoms with E-state index in [1.54, 1.807) is 31.9 Å². The smallest absolute Gasteiger partial charge is 0.444 e. The zero-order valence-electron chi connectivity index (χ0n) is 24.4. The number of anilines is 1. The largest absolute Gasteiger partial charge is 0.573 e. The van der Waals surface area contributed by atoms with E-state index in [0.29, 0.717) is 42.9 Å². The van der Waals surface area contributed by atoms with Gasteiger partial charge in [0.2, 0.25) is 0 Å². The molecule has 0 bridgehead atoms. The maximum absolute atomic E-state index is 14.7. The number of pyridine rings is 1. The number of piperidine rings is 2. The number of likely N-dealkylation sites (tertiary alicyclic amines) is 2. The van der Waals surface area contributed by atoms with Gasteiger partial charge in [-0.15, -0.1) is 13.2 Å². The summed E-state index contributed by atoms with van der Waals surface area (Å²) in [7, 11) is 0. The number of nitrogen functional groups attached to an aromatic ring is 1. The number of nitrogens with zero attached hydrogens (tertiary/aromatic N) is 4. The van der Waals surface area contributed by atoms with E-state index < -0.39 is 54.5 Å². The number of carbonyl (C=O) groups excluding carboxylic acids is 2. The van der Waals surface area contributed by atoms with Crippen LogP contribution >= 0.6 is 0 Å². The molecule has 3 aromatic rings. The van der Waals surface area contributed by atoms with E-state index in [1.165, 1.54) is 6.07 Å². The fourth-order valence-electron chi connectivity index (χ4n) is 5.73. The summed E-state index contributed by atoms with van der Waals surface area (Å²) in [5.41, 5.74) is 6.83. The second-order valence-electron chi connectivity index (χ2n) is 12.2. The van der Waals surface area contributed by atoms with Gasteiger partial charge in [-0.25, -0.2) is 23.5 Å². The summed E-state index contributed by atoms with van der Waals surface area (Å²) in [6.07, 6.45) is -3.48. The number of nitrogens with two attached hydrogens (primary N) is 1. The summed E-state index contributed by atoms with van der Waals surface area (Å²) in [4.78, 5) is 40.3. The zero-order valence-corrected chi connectivity index (χ0v) is 24.4. The van der Waals surface area contributed by atoms with Crippen molar-refractivity contribution in [3.63, 3.8) is 0 Å². The molecule has 2 aliphatic heterocycles. The number of amides is 2. The van der Waals surface area contributed by atoms with Gasteiger partial charge in [0.05, 0.1) is 17.6 Å². The molecule has 2 saturated heterocycles. The van der Waals surface area contributed by atoms with Crippen molar-refractivity contribution >= 4 is 28.9 Å². The molecule has 44 heavy (non-hydrogen) atoms. The molecule has 15 heteroatoms. The molecule has 1 unspecified atom stereocenters. The Hall–Kier alpha value is -4.17. The van der Waals surface area contributed by atoms with Gasteiger partial charge in [-0.2, -0.15) is 0 Å². The molecule has 2 aliphatic rings. The maximum Gasteiger partial charge on any atom is 0.573 e. The fourth-order valence-corrected chi connectivity index (χ4v) is 5.73. The molecule has 0 spiro atoms. The van der Waals surface area contributed by atoms with E-state index in [1.807, 2.05) is 6.07 Å². The average Bonchev–Trinajstić information content (AvgIpc) is 3.35. The highest BCUT2D eigenvalue weighted by molar-refractivity contribution is 5.99. The highest BCUT2D eigenvalue weighted by Gasteiger charge is 2.45. The van der Waals surface area contributed by atoms with Crippen molar-refractivity contribution in [3.8, 4) is 5.75 Å². The van der Waals surface area contributed by atoms with Crippen LogP contribution in [0.1, 0.15) is 73.6 Å². The third-order valence-corrected chi connectivity index (χ3v) is 7.60. The number of alkyl halides is 5. The number of benzene rings is 1. The first kappa shape index (κ1) is 31.3. The highest BCUT2D eigenvalue weighted by atomic mass is 19.4. The van der Waals surface area contributed by atoms with Gasteiger partial charge in [-0.1, -0.05) is 0 Å². The number of hydrogen-bond acceptors (Lipinski definition) is 7. The van der Waals surface area contributed by atoms with Crippen molar-refractivity contribution in [2.45, 2.75) is 69.8 Å². The Kier molecular flexibility index (Phi) is 8.10. The number of nitrogens with one attached hydrogen (secondary N) is 1. The van der Waals surface area contributed by atoms with Crippen LogP contribution in [-0.4, -0.2) is 80.8 Å². The summed E-state index contributed by atoms with van der Waals surface area (Å²) in [6, 6.07) is 5.04. The Morgan fingerprint density at radius 1 is 1.07 bits per heavy atom. The van der Waals surface area contributed by atoms with Gasteiger partial charge in [0.1, 0.15) is 17.2 Å². The molecule has 5 rings (SSSR count). The molecule has 2 fully saturated rings. The summed E-state index contributed by atoms with van der Waals surface area (Å²) in [5.74, 6) is -4.54. The van der Waals surface area contributed by atoms with Crippen LogP contribution in [0.3, 0.4) is 0 Å². The topological polar surface area (TPSA) is 127 Å². The molecule has 2 amide bonds. The van der Waals surface area contributed by atoms with Crippen LogP contribution in [0.25, 0.3) is 11.2 Å². The minimum Gasteiger partial charge on any atom is -0.444 e. The summed E-state index contributed by atoms with van der Waals surface area (Å²) >= 11 is 0. The minimum absolute atomic E-state index is 0.00655. The Balaban J connectivity index is 1.29. The van der Waals surface area contributed by atoms with E-state index in [2.05, 4.69) is 19.7 Å². The van der Waals surface area contributed by atoms with Gasteiger partial charge in [0.25, 0.3) is 11.8 Å². The predicted molar refractivity (Wildman–Crippen MR) is 149 cm³/mol. The Labute approximate surface area is 249 Å². The standard InChI is InChI=1S/C29H33F5N6O4/c1-27(2,3)44-26(42)40-14-17(13-28(30,31)15-40)23-37-22-19(6-9-36-24(22)38-23)16-7-10-39(11-8-16)25(41)20-5-4-18(12-21(20)35)43-29(32,33)34/h4-6,9,12,16-17H,7-8,10-11,13-15,35H2,1-3H3,(H,36,37,38). The number of H-pyrrole nitrogens is 1. The second-order valence-corrected chi connectivity index (χ2v) is 12.2. The molecule has 10 nitrogen and oxygen atoms in total. The number of aromatic amines is 1. The van der Waals surface area contributed by atoms with E-state index in [4.69, 9.17) is 10.5 Å². The van der Waals surface area contributed by atoms with Crippen LogP contribution in [0, 0.1) is 0 Å². The lowest BCUT2D eigenvalue weighted by molar-refractivity contribution is -0.274. The number of halogens is 5. The lowest BCUT2D eigenvalue weighted by Gasteiger charge is -2.37. The number of aromatic nitrogens is 3. The van der Waals surface area contributed by atoms with Crippen LogP contribution in [0.4, 0.5) is 32.4 Å². The van der Waals surface area contributed by atoms with Gasteiger partial charge >= 0.3 is 12.5 Å². The van der Waals surface area contributed by atoms with Gasteiger partial charge in [-0.05, 0) is 63.3 Å². The van der Waals surface area contributed by atoms with Crippen LogP contribution < -0.4 is 10.5 Å². The molecular formula is C29H33F5N6O4. The molecule has 0 saturated carbocycles. The SMILES string of the molecule is CC(C)(C)OC(=O)N1CC(c2nc3nccc(C4CCN(C(=O)c5ccc(OC(F)(F)F)cc5N)CC4)c3[nH]2)CC(F)(F)C1. The molecule has 3 N–H and O–H groups in total.